The number of nitrogen functional groups attached to an aromatic ring is 1. The molecule has 5 heteroatoms. The van der Waals surface area contributed by atoms with Crippen molar-refractivity contribution in [3.63, 3.8) is 0 Å². The molecule has 3 N–H and O–H groups in total. The van der Waals surface area contributed by atoms with Gasteiger partial charge in [-0.15, -0.1) is 0 Å². The quantitative estimate of drug-likeness (QED) is 0.780. The van der Waals surface area contributed by atoms with Gasteiger partial charge in [-0.3, -0.25) is 0 Å². The van der Waals surface area contributed by atoms with Crippen LogP contribution in [0.1, 0.15) is 19.3 Å². The average molecular weight is 240 g/mol. The first kappa shape index (κ1) is 10.8. The maximum absolute atomic E-state index is 13.6. The molecule has 2 bridgehead atoms. The number of rotatable bonds is 2. The van der Waals surface area contributed by atoms with Gasteiger partial charge in [-0.2, -0.15) is 0 Å². The molecule has 0 aromatic heterocycles. The highest BCUT2D eigenvalue weighted by Gasteiger charge is 2.41. The topological polar surface area (TPSA) is 47.3 Å². The SMILES string of the molecule is Nc1cc(F)c(NC2CC3CCC2O3)c(F)c1. The average Bonchev–Trinajstić information content (AvgIpc) is 2.84. The molecule has 1 aromatic rings. The first-order chi connectivity index (χ1) is 8.13. The van der Waals surface area contributed by atoms with Crippen LogP contribution in [0.4, 0.5) is 20.2 Å². The molecular formula is C12H14F2N2O. The summed E-state index contributed by atoms with van der Waals surface area (Å²) in [6.07, 6.45) is 3.15. The first-order valence-corrected chi connectivity index (χ1v) is 5.80. The van der Waals surface area contributed by atoms with Crippen LogP contribution in [0.2, 0.25) is 0 Å². The lowest BCUT2D eigenvalue weighted by molar-refractivity contribution is 0.102. The van der Waals surface area contributed by atoms with Crippen molar-refractivity contribution in [1.82, 2.24) is 0 Å². The molecule has 2 heterocycles. The third-order valence-corrected chi connectivity index (χ3v) is 3.50. The van der Waals surface area contributed by atoms with E-state index in [9.17, 15) is 8.78 Å². The van der Waals surface area contributed by atoms with Gasteiger partial charge >= 0.3 is 0 Å². The van der Waals surface area contributed by atoms with Crippen LogP contribution in [-0.4, -0.2) is 18.2 Å². The molecule has 2 aliphatic heterocycles. The second kappa shape index (κ2) is 3.84. The predicted molar refractivity (Wildman–Crippen MR) is 60.7 cm³/mol. The van der Waals surface area contributed by atoms with Crippen LogP contribution in [0.3, 0.4) is 0 Å². The van der Waals surface area contributed by atoms with Crippen LogP contribution in [0, 0.1) is 11.6 Å². The van der Waals surface area contributed by atoms with Crippen molar-refractivity contribution in [2.45, 2.75) is 37.5 Å². The summed E-state index contributed by atoms with van der Waals surface area (Å²) in [5.74, 6) is -1.30. The zero-order chi connectivity index (χ0) is 12.0. The summed E-state index contributed by atoms with van der Waals surface area (Å²) in [6.45, 7) is 0. The highest BCUT2D eigenvalue weighted by Crippen LogP contribution is 2.36. The van der Waals surface area contributed by atoms with E-state index in [2.05, 4.69) is 5.32 Å². The summed E-state index contributed by atoms with van der Waals surface area (Å²) in [7, 11) is 0. The van der Waals surface area contributed by atoms with Gasteiger partial charge in [0.2, 0.25) is 0 Å². The summed E-state index contributed by atoms with van der Waals surface area (Å²) < 4.78 is 32.8. The van der Waals surface area contributed by atoms with Gasteiger partial charge in [0, 0.05) is 5.69 Å². The third kappa shape index (κ3) is 1.84. The van der Waals surface area contributed by atoms with Crippen LogP contribution >= 0.6 is 0 Å². The van der Waals surface area contributed by atoms with Crippen molar-refractivity contribution in [1.29, 1.82) is 0 Å². The van der Waals surface area contributed by atoms with E-state index in [0.29, 0.717) is 0 Å². The second-order valence-electron chi connectivity index (χ2n) is 4.72. The lowest BCUT2D eigenvalue weighted by Crippen LogP contribution is -2.31. The lowest BCUT2D eigenvalue weighted by Gasteiger charge is -2.22. The van der Waals surface area contributed by atoms with Gasteiger partial charge in [0.25, 0.3) is 0 Å². The molecule has 0 aliphatic carbocycles. The molecule has 3 unspecified atom stereocenters. The molecule has 2 saturated heterocycles. The van der Waals surface area contributed by atoms with Gasteiger partial charge in [0.15, 0.2) is 11.6 Å². The Bertz CT molecular complexity index is 429. The van der Waals surface area contributed by atoms with Crippen LogP contribution < -0.4 is 11.1 Å². The Morgan fingerprint density at radius 2 is 1.94 bits per heavy atom. The van der Waals surface area contributed by atoms with Gasteiger partial charge in [-0.1, -0.05) is 0 Å². The van der Waals surface area contributed by atoms with Gasteiger partial charge in [0.1, 0.15) is 5.69 Å². The van der Waals surface area contributed by atoms with Gasteiger partial charge in [0.05, 0.1) is 18.2 Å². The maximum Gasteiger partial charge on any atom is 0.151 e. The van der Waals surface area contributed by atoms with Gasteiger partial charge in [-0.05, 0) is 31.4 Å². The number of nitrogens with one attached hydrogen (secondary N) is 1. The number of nitrogens with two attached hydrogens (primary N) is 1. The molecule has 3 nitrogen and oxygen atoms in total. The van der Waals surface area contributed by atoms with Crippen LogP contribution in [0.15, 0.2) is 12.1 Å². The highest BCUT2D eigenvalue weighted by molar-refractivity contribution is 5.54. The molecule has 17 heavy (non-hydrogen) atoms. The molecule has 0 saturated carbocycles. The number of benzene rings is 1. The number of fused-ring (bicyclic) bond motifs is 2. The summed E-state index contributed by atoms with van der Waals surface area (Å²) in [5, 5.41) is 2.91. The van der Waals surface area contributed by atoms with E-state index in [0.717, 1.165) is 31.4 Å². The Hall–Kier alpha value is -1.36. The Morgan fingerprint density at radius 3 is 2.47 bits per heavy atom. The Balaban J connectivity index is 1.81. The zero-order valence-electron chi connectivity index (χ0n) is 9.25. The molecule has 2 fully saturated rings. The minimum atomic E-state index is -0.648. The number of hydrogen-bond donors (Lipinski definition) is 2. The largest absolute Gasteiger partial charge is 0.399 e. The fourth-order valence-electron chi connectivity index (χ4n) is 2.71. The van der Waals surface area contributed by atoms with E-state index in [1.165, 1.54) is 0 Å². The van der Waals surface area contributed by atoms with Crippen LogP contribution in [-0.2, 0) is 4.74 Å². The van der Waals surface area contributed by atoms with E-state index >= 15 is 0 Å². The standard InChI is InChI=1S/C12H14F2N2O/c13-8-3-6(15)4-9(14)12(8)16-10-5-7-1-2-11(10)17-7/h3-4,7,10-11,16H,1-2,5,15H2. The Labute approximate surface area is 97.9 Å². The van der Waals surface area contributed by atoms with Crippen molar-refractivity contribution in [3.05, 3.63) is 23.8 Å². The number of ether oxygens (including phenoxy) is 1. The van der Waals surface area contributed by atoms with E-state index in [1.54, 1.807) is 0 Å². The summed E-state index contributed by atoms with van der Waals surface area (Å²) in [6, 6.07) is 2.25. The minimum Gasteiger partial charge on any atom is -0.399 e. The summed E-state index contributed by atoms with van der Waals surface area (Å²) in [5.41, 5.74) is 5.36. The van der Waals surface area contributed by atoms with Crippen molar-refractivity contribution in [2.24, 2.45) is 0 Å². The molecular weight excluding hydrogens is 226 g/mol. The number of halogens is 2. The van der Waals surface area contributed by atoms with Gasteiger partial charge < -0.3 is 15.8 Å². The second-order valence-corrected chi connectivity index (χ2v) is 4.72. The minimum absolute atomic E-state index is 0.00127. The van der Waals surface area contributed by atoms with Crippen LogP contribution in [0.5, 0.6) is 0 Å². The molecule has 2 aliphatic rings. The van der Waals surface area contributed by atoms with E-state index in [4.69, 9.17) is 10.5 Å². The maximum atomic E-state index is 13.6. The van der Waals surface area contributed by atoms with Gasteiger partial charge in [-0.25, -0.2) is 8.78 Å². The van der Waals surface area contributed by atoms with E-state index in [-0.39, 0.29) is 29.6 Å². The number of hydrogen-bond acceptors (Lipinski definition) is 3. The van der Waals surface area contributed by atoms with E-state index < -0.39 is 11.6 Å². The summed E-state index contributed by atoms with van der Waals surface area (Å²) in [4.78, 5) is 0. The summed E-state index contributed by atoms with van der Waals surface area (Å²) >= 11 is 0. The Kier molecular flexibility index (Phi) is 2.43. The lowest BCUT2D eigenvalue weighted by atomic mass is 9.95. The van der Waals surface area contributed by atoms with Crippen molar-refractivity contribution >= 4 is 11.4 Å². The fraction of sp³-hybridized carbons (Fsp3) is 0.500. The van der Waals surface area contributed by atoms with Crippen molar-refractivity contribution < 1.29 is 13.5 Å². The monoisotopic (exact) mass is 240 g/mol. The third-order valence-electron chi connectivity index (χ3n) is 3.50. The predicted octanol–water partition coefficient (Wildman–Crippen LogP) is 2.28. The number of anilines is 2. The van der Waals surface area contributed by atoms with E-state index in [1.807, 2.05) is 0 Å². The normalized spacial score (nSPS) is 30.8. The highest BCUT2D eigenvalue weighted by atomic mass is 19.1. The zero-order valence-corrected chi connectivity index (χ0v) is 9.25. The molecule has 0 spiro atoms. The first-order valence-electron chi connectivity index (χ1n) is 5.80. The van der Waals surface area contributed by atoms with Crippen molar-refractivity contribution in [3.8, 4) is 0 Å². The molecule has 3 atom stereocenters. The molecule has 3 rings (SSSR count). The molecule has 0 radical (unpaired) electrons. The molecule has 92 valence electrons. The molecule has 0 amide bonds. The van der Waals surface area contributed by atoms with Crippen molar-refractivity contribution in [2.75, 3.05) is 11.1 Å². The Morgan fingerprint density at radius 1 is 1.24 bits per heavy atom. The smallest absolute Gasteiger partial charge is 0.151 e. The fourth-order valence-corrected chi connectivity index (χ4v) is 2.71. The van der Waals surface area contributed by atoms with Crippen LogP contribution in [0.25, 0.3) is 0 Å². The molecule has 1 aromatic carbocycles.